The molecule has 0 fully saturated rings. The summed E-state index contributed by atoms with van der Waals surface area (Å²) in [4.78, 5) is 34.6. The number of carbonyl (C=O) groups excluding carboxylic acids is 1. The predicted octanol–water partition coefficient (Wildman–Crippen LogP) is 5.22. The van der Waals surface area contributed by atoms with Crippen molar-refractivity contribution >= 4 is 59.8 Å². The lowest BCUT2D eigenvalue weighted by atomic mass is 10.2. The van der Waals surface area contributed by atoms with E-state index in [-0.39, 0.29) is 42.1 Å². The Morgan fingerprint density at radius 2 is 1.43 bits per heavy atom. The lowest BCUT2D eigenvalue weighted by molar-refractivity contribution is -0.116. The molecule has 1 aromatic carbocycles. The van der Waals surface area contributed by atoms with E-state index in [2.05, 4.69) is 78.2 Å². The quantitative estimate of drug-likeness (QED) is 0.141. The fourth-order valence-corrected chi connectivity index (χ4v) is 4.06. The molecule has 5 N–H and O–H groups in total. The van der Waals surface area contributed by atoms with Crippen LogP contribution >= 0.6 is 24.4 Å². The average molecular weight is 725 g/mol. The largest absolute Gasteiger partial charge is 0.467 e. The van der Waals surface area contributed by atoms with E-state index in [1.54, 1.807) is 9.21 Å². The number of para-hydroxylation sites is 1. The number of ether oxygens (including phenoxy) is 1. The van der Waals surface area contributed by atoms with Crippen molar-refractivity contribution in [1.29, 1.82) is 0 Å². The summed E-state index contributed by atoms with van der Waals surface area (Å²) in [6, 6.07) is 11.1. The number of hydrogen-bond acceptors (Lipinski definition) is 12. The van der Waals surface area contributed by atoms with E-state index in [1.165, 1.54) is 7.11 Å². The molecule has 3 rings (SSSR count). The number of nitrogens with one attached hydrogen (secondary N) is 5. The maximum atomic E-state index is 11.5. The highest BCUT2D eigenvalue weighted by Gasteiger charge is 2.22. The third kappa shape index (κ3) is 19.3. The second kappa shape index (κ2) is 24.6. The van der Waals surface area contributed by atoms with E-state index in [0.29, 0.717) is 23.9 Å². The van der Waals surface area contributed by atoms with E-state index in [0.717, 1.165) is 17.6 Å². The van der Waals surface area contributed by atoms with Gasteiger partial charge in [0.05, 0.1) is 7.11 Å². The summed E-state index contributed by atoms with van der Waals surface area (Å²) in [6.45, 7) is 22.2. The van der Waals surface area contributed by atoms with Gasteiger partial charge in [-0.15, -0.1) is 11.6 Å². The Hall–Kier alpha value is -3.56. The number of anilines is 3. The number of amides is 1. The number of hydrogen-bond donors (Lipinski definition) is 6. The summed E-state index contributed by atoms with van der Waals surface area (Å²) in [5.41, 5.74) is 0.896. The SMILES string of the molecule is CC(C)N(C(=O)CCl)c1ccccc1.CC(C)N=C1NC(NC(C)C)=NC(C)N1S.CNC.COc1nc(NC(C)C)nc(NC(C)C)n1. The number of halogens is 1. The van der Waals surface area contributed by atoms with Gasteiger partial charge in [0.1, 0.15) is 12.0 Å². The zero-order valence-corrected chi connectivity index (χ0v) is 33.5. The summed E-state index contributed by atoms with van der Waals surface area (Å²) in [5, 5.41) is 15.3. The molecule has 0 bridgehead atoms. The maximum absolute atomic E-state index is 11.5. The van der Waals surface area contributed by atoms with Crippen molar-refractivity contribution < 1.29 is 9.53 Å². The first kappa shape index (κ1) is 45.4. The molecule has 0 aliphatic carbocycles. The van der Waals surface area contributed by atoms with Crippen molar-refractivity contribution in [2.24, 2.45) is 9.98 Å². The van der Waals surface area contributed by atoms with Gasteiger partial charge in [-0.2, -0.15) is 15.0 Å². The third-order valence-electron chi connectivity index (χ3n) is 5.49. The van der Waals surface area contributed by atoms with Crippen molar-refractivity contribution in [3.05, 3.63) is 30.3 Å². The molecule has 1 aliphatic rings. The molecule has 1 amide bonds. The number of benzene rings is 1. The number of thiol groups is 1. The van der Waals surface area contributed by atoms with E-state index >= 15 is 0 Å². The predicted molar refractivity (Wildman–Crippen MR) is 210 cm³/mol. The molecule has 0 saturated heterocycles. The molecule has 0 radical (unpaired) electrons. The van der Waals surface area contributed by atoms with Crippen LogP contribution in [0.5, 0.6) is 6.01 Å². The molecular formula is C33H61ClN12O2S. The van der Waals surface area contributed by atoms with Gasteiger partial charge in [-0.05, 0) is 102 Å². The first-order chi connectivity index (χ1) is 23.0. The van der Waals surface area contributed by atoms with Crippen LogP contribution in [0.25, 0.3) is 0 Å². The van der Waals surface area contributed by atoms with E-state index in [4.69, 9.17) is 16.3 Å². The van der Waals surface area contributed by atoms with Gasteiger partial charge < -0.3 is 30.9 Å². The highest BCUT2D eigenvalue weighted by Crippen LogP contribution is 2.17. The van der Waals surface area contributed by atoms with Crippen LogP contribution in [0.1, 0.15) is 76.2 Å². The number of guanidine groups is 2. The molecule has 2 heterocycles. The molecule has 14 nitrogen and oxygen atoms in total. The van der Waals surface area contributed by atoms with Crippen LogP contribution in [0.15, 0.2) is 40.3 Å². The van der Waals surface area contributed by atoms with Crippen LogP contribution in [0, 0.1) is 0 Å². The minimum atomic E-state index is -0.0622. The van der Waals surface area contributed by atoms with Gasteiger partial charge in [0, 0.05) is 35.9 Å². The second-order valence-electron chi connectivity index (χ2n) is 12.3. The summed E-state index contributed by atoms with van der Waals surface area (Å²) in [7, 11) is 5.29. The summed E-state index contributed by atoms with van der Waals surface area (Å²) in [6.07, 6.45) is -0.0247. The summed E-state index contributed by atoms with van der Waals surface area (Å²) >= 11 is 9.91. The Balaban J connectivity index is 0.000000678. The molecule has 0 saturated carbocycles. The van der Waals surface area contributed by atoms with E-state index in [9.17, 15) is 4.79 Å². The van der Waals surface area contributed by atoms with Gasteiger partial charge in [-0.3, -0.25) is 14.4 Å². The van der Waals surface area contributed by atoms with Crippen LogP contribution < -0.4 is 36.2 Å². The molecule has 1 atom stereocenters. The van der Waals surface area contributed by atoms with Crippen molar-refractivity contribution in [3.63, 3.8) is 0 Å². The van der Waals surface area contributed by atoms with Crippen molar-refractivity contribution in [2.75, 3.05) is 42.6 Å². The number of aromatic nitrogens is 3. The molecule has 1 aromatic heterocycles. The Morgan fingerprint density at radius 3 is 1.82 bits per heavy atom. The minimum absolute atomic E-state index is 0.0209. The number of methoxy groups -OCH3 is 1. The van der Waals surface area contributed by atoms with E-state index < -0.39 is 0 Å². The fourth-order valence-electron chi connectivity index (χ4n) is 3.77. The lowest BCUT2D eigenvalue weighted by Gasteiger charge is -2.31. The minimum Gasteiger partial charge on any atom is -0.467 e. The number of rotatable bonds is 10. The number of nitrogens with zero attached hydrogens (tertiary/aromatic N) is 7. The molecule has 1 aliphatic heterocycles. The Labute approximate surface area is 305 Å². The zero-order chi connectivity index (χ0) is 37.7. The number of carbonyl (C=O) groups is 1. The summed E-state index contributed by atoms with van der Waals surface area (Å²) < 4.78 is 6.74. The van der Waals surface area contributed by atoms with Crippen molar-refractivity contribution in [2.45, 2.75) is 113 Å². The molecule has 49 heavy (non-hydrogen) atoms. The maximum Gasteiger partial charge on any atom is 0.322 e. The smallest absolute Gasteiger partial charge is 0.322 e. The zero-order valence-electron chi connectivity index (χ0n) is 31.8. The van der Waals surface area contributed by atoms with Gasteiger partial charge in [-0.1, -0.05) is 31.0 Å². The molecule has 16 heteroatoms. The third-order valence-corrected chi connectivity index (χ3v) is 6.24. The number of alkyl halides is 1. The van der Waals surface area contributed by atoms with Gasteiger partial charge >= 0.3 is 6.01 Å². The van der Waals surface area contributed by atoms with E-state index in [1.807, 2.05) is 107 Å². The standard InChI is InChI=1S/C11H14ClNO.C10H19N5O.C10H21N5S.C2H7N/c1-9(2)13(11(14)8-12)10-6-4-3-5-7-10;1-6(2)11-8-13-9(12-7(3)4)15-10(14-8)16-5;1-6(2)11-9-13-8(5)15(16)10(14-9)12-7(3)4;1-3-2/h3-7,9H,8H2,1-2H3;6-7H,1-5H3,(H2,11,12,13,14,15);6-8,16H,1-5H3,(H2,11,12,13,14);3H,1-2H3. The fraction of sp³-hybridized carbons (Fsp3) is 0.636. The average Bonchev–Trinajstić information content (AvgIpc) is 2.99. The van der Waals surface area contributed by atoms with Crippen molar-refractivity contribution in [3.8, 4) is 6.01 Å². The topological polar surface area (TPSA) is 156 Å². The Bertz CT molecular complexity index is 1240. The highest BCUT2D eigenvalue weighted by atomic mass is 35.5. The Morgan fingerprint density at radius 1 is 0.939 bits per heavy atom. The van der Waals surface area contributed by atoms with Gasteiger partial charge in [-0.25, -0.2) is 9.98 Å². The molecule has 0 spiro atoms. The second-order valence-corrected chi connectivity index (χ2v) is 13.0. The highest BCUT2D eigenvalue weighted by molar-refractivity contribution is 7.78. The van der Waals surface area contributed by atoms with Gasteiger partial charge in [0.15, 0.2) is 5.96 Å². The van der Waals surface area contributed by atoms with Crippen LogP contribution in [-0.4, -0.2) is 101 Å². The van der Waals surface area contributed by atoms with Gasteiger partial charge in [0.25, 0.3) is 0 Å². The van der Waals surface area contributed by atoms with Gasteiger partial charge in [0.2, 0.25) is 23.8 Å². The first-order valence-corrected chi connectivity index (χ1v) is 17.4. The first-order valence-electron chi connectivity index (χ1n) is 16.5. The van der Waals surface area contributed by atoms with Crippen molar-refractivity contribution in [1.82, 2.24) is 35.2 Å². The number of aliphatic imine (C=N–C) groups is 2. The molecular weight excluding hydrogens is 664 g/mol. The van der Waals surface area contributed by atoms with Crippen LogP contribution in [0.2, 0.25) is 0 Å². The van der Waals surface area contributed by atoms with Crippen LogP contribution in [0.3, 0.4) is 0 Å². The van der Waals surface area contributed by atoms with Crippen LogP contribution in [0.4, 0.5) is 17.6 Å². The molecule has 2 aromatic rings. The lowest BCUT2D eigenvalue weighted by Crippen LogP contribution is -2.54. The molecule has 278 valence electrons. The normalized spacial score (nSPS) is 14.6. The molecule has 1 unspecified atom stereocenters. The summed E-state index contributed by atoms with van der Waals surface area (Å²) in [5.74, 6) is 2.49. The Kier molecular flexibility index (Phi) is 22.8. The van der Waals surface area contributed by atoms with Crippen LogP contribution in [-0.2, 0) is 4.79 Å². The monoisotopic (exact) mass is 724 g/mol.